The second-order valence-corrected chi connectivity index (χ2v) is 10.6. The molecular weight excluding hydrogens is 502 g/mol. The summed E-state index contributed by atoms with van der Waals surface area (Å²) in [6.45, 7) is 2.63. The highest BCUT2D eigenvalue weighted by Crippen LogP contribution is 2.34. The number of hydrogen-bond donors (Lipinski definition) is 1. The number of carbonyl (C=O) groups excluding carboxylic acids is 4. The van der Waals surface area contributed by atoms with E-state index in [9.17, 15) is 19.2 Å². The Morgan fingerprint density at radius 1 is 0.725 bits per heavy atom. The highest BCUT2D eigenvalue weighted by Gasteiger charge is 2.38. The van der Waals surface area contributed by atoms with Gasteiger partial charge in [-0.1, -0.05) is 48.5 Å². The molecule has 3 aromatic rings. The molecule has 7 heteroatoms. The Morgan fingerprint density at radius 2 is 1.25 bits per heavy atom. The zero-order valence-corrected chi connectivity index (χ0v) is 22.9. The average molecular weight is 538 g/mol. The second kappa shape index (κ2) is 12.3. The predicted octanol–water partition coefficient (Wildman–Crippen LogP) is 5.43. The van der Waals surface area contributed by atoms with Gasteiger partial charge >= 0.3 is 0 Å². The van der Waals surface area contributed by atoms with E-state index in [-0.39, 0.29) is 29.9 Å². The van der Waals surface area contributed by atoms with Crippen LogP contribution >= 0.6 is 0 Å². The van der Waals surface area contributed by atoms with Crippen molar-refractivity contribution >= 4 is 40.6 Å². The molecule has 40 heavy (non-hydrogen) atoms. The molecule has 0 aliphatic carbocycles. The van der Waals surface area contributed by atoms with E-state index in [1.807, 2.05) is 48.5 Å². The second-order valence-electron chi connectivity index (χ2n) is 10.6. The van der Waals surface area contributed by atoms with Gasteiger partial charge in [-0.2, -0.15) is 0 Å². The minimum atomic E-state index is -1.02. The molecule has 0 bridgehead atoms. The molecule has 1 N–H and O–H groups in total. The first-order valence-corrected chi connectivity index (χ1v) is 14.1. The monoisotopic (exact) mass is 537 g/mol. The van der Waals surface area contributed by atoms with E-state index >= 15 is 0 Å². The molecule has 0 unspecified atom stereocenters. The van der Waals surface area contributed by atoms with Gasteiger partial charge in [0.25, 0.3) is 0 Å². The Bertz CT molecular complexity index is 1350. The van der Waals surface area contributed by atoms with Crippen LogP contribution < -0.4 is 15.1 Å². The van der Waals surface area contributed by atoms with Gasteiger partial charge in [-0.15, -0.1) is 0 Å². The summed E-state index contributed by atoms with van der Waals surface area (Å²) in [5, 5.41) is 2.85. The highest BCUT2D eigenvalue weighted by molar-refractivity contribution is 6.17. The number of nitrogens with one attached hydrogen (secondary N) is 1. The first kappa shape index (κ1) is 27.3. The van der Waals surface area contributed by atoms with Crippen LogP contribution in [0, 0.1) is 0 Å². The minimum Gasteiger partial charge on any atom is -0.326 e. The molecular formula is C33H35N3O4. The molecule has 2 heterocycles. The lowest BCUT2D eigenvalue weighted by molar-refractivity contribution is -0.129. The number of amides is 3. The van der Waals surface area contributed by atoms with E-state index in [2.05, 4.69) is 5.32 Å². The van der Waals surface area contributed by atoms with Crippen LogP contribution in [0.5, 0.6) is 0 Å². The summed E-state index contributed by atoms with van der Waals surface area (Å²) >= 11 is 0. The number of benzene rings is 3. The van der Waals surface area contributed by atoms with Gasteiger partial charge in [0.15, 0.2) is 0 Å². The van der Waals surface area contributed by atoms with E-state index in [0.29, 0.717) is 37.2 Å². The number of Topliss-reactive ketones (excluding diaryl/α,β-unsaturated/α-hetero) is 1. The topological polar surface area (TPSA) is 86.8 Å². The van der Waals surface area contributed by atoms with Crippen LogP contribution in [-0.2, 0) is 32.0 Å². The lowest BCUT2D eigenvalue weighted by atomic mass is 9.91. The van der Waals surface area contributed by atoms with Crippen molar-refractivity contribution < 1.29 is 19.2 Å². The summed E-state index contributed by atoms with van der Waals surface area (Å²) in [7, 11) is 0. The Morgan fingerprint density at radius 3 is 1.77 bits per heavy atom. The number of fused-ring (bicyclic) bond motifs is 2. The molecule has 5 rings (SSSR count). The molecule has 206 valence electrons. The molecule has 0 radical (unpaired) electrons. The third kappa shape index (κ3) is 5.98. The molecule has 0 aromatic heterocycles. The maximum atomic E-state index is 14.3. The van der Waals surface area contributed by atoms with E-state index in [1.54, 1.807) is 34.1 Å². The normalized spacial score (nSPS) is 14.3. The zero-order chi connectivity index (χ0) is 28.1. The molecule has 0 saturated carbocycles. The number of aryl methyl sites for hydroxylation is 2. The average Bonchev–Trinajstić information content (AvgIpc) is 2.97. The number of rotatable bonds is 8. The Balaban J connectivity index is 1.44. The maximum absolute atomic E-state index is 14.3. The van der Waals surface area contributed by atoms with Gasteiger partial charge in [-0.05, 0) is 80.0 Å². The van der Waals surface area contributed by atoms with Gasteiger partial charge in [0.05, 0.1) is 0 Å². The Hall–Kier alpha value is -4.26. The number of carbonyl (C=O) groups is 4. The highest BCUT2D eigenvalue weighted by atomic mass is 16.2. The number of nitrogens with zero attached hydrogens (tertiary/aromatic N) is 2. The van der Waals surface area contributed by atoms with Gasteiger partial charge < -0.3 is 19.9 Å². The molecule has 2 aliphatic heterocycles. The lowest BCUT2D eigenvalue weighted by Crippen LogP contribution is -2.47. The van der Waals surface area contributed by atoms with Crippen LogP contribution in [0.4, 0.5) is 17.1 Å². The van der Waals surface area contributed by atoms with Crippen LogP contribution in [0.15, 0.2) is 72.8 Å². The molecule has 0 fully saturated rings. The summed E-state index contributed by atoms with van der Waals surface area (Å²) in [6.07, 6.45) is 4.60. The lowest BCUT2D eigenvalue weighted by Gasteiger charge is -2.36. The predicted molar refractivity (Wildman–Crippen MR) is 157 cm³/mol. The first-order chi connectivity index (χ1) is 19.4. The Kier molecular flexibility index (Phi) is 8.39. The fourth-order valence-electron chi connectivity index (χ4n) is 5.71. The van der Waals surface area contributed by atoms with Crippen molar-refractivity contribution in [2.45, 2.75) is 57.8 Å². The van der Waals surface area contributed by atoms with Gasteiger partial charge in [-0.3, -0.25) is 14.4 Å². The van der Waals surface area contributed by atoms with Crippen LogP contribution in [0.25, 0.3) is 0 Å². The van der Waals surface area contributed by atoms with Crippen molar-refractivity contribution in [2.24, 2.45) is 0 Å². The zero-order valence-electron chi connectivity index (χ0n) is 22.9. The van der Waals surface area contributed by atoms with Crippen LogP contribution in [0.3, 0.4) is 0 Å². The summed E-state index contributed by atoms with van der Waals surface area (Å²) in [5.41, 5.74) is 5.13. The van der Waals surface area contributed by atoms with Gasteiger partial charge in [0.1, 0.15) is 11.7 Å². The SMILES string of the molecule is CC(=O)CCCC(=O)Nc1ccc(C(C(=O)N2CCCc3ccccc32)C(=O)N2CCCc3ccccc32)cc1. The number of anilines is 3. The van der Waals surface area contributed by atoms with Crippen LogP contribution in [0.2, 0.25) is 0 Å². The van der Waals surface area contributed by atoms with Crippen molar-refractivity contribution in [2.75, 3.05) is 28.2 Å². The summed E-state index contributed by atoms with van der Waals surface area (Å²) in [4.78, 5) is 55.6. The number of ketones is 1. The third-order valence-electron chi connectivity index (χ3n) is 7.71. The fraction of sp³-hybridized carbons (Fsp3) is 0.333. The van der Waals surface area contributed by atoms with E-state index < -0.39 is 5.92 Å². The van der Waals surface area contributed by atoms with Crippen molar-refractivity contribution in [3.63, 3.8) is 0 Å². The minimum absolute atomic E-state index is 0.0604. The molecule has 7 nitrogen and oxygen atoms in total. The largest absolute Gasteiger partial charge is 0.326 e. The molecule has 0 spiro atoms. The number of para-hydroxylation sites is 2. The van der Waals surface area contributed by atoms with E-state index in [0.717, 1.165) is 48.2 Å². The summed E-state index contributed by atoms with van der Waals surface area (Å²) in [5.74, 6) is -1.60. The fourth-order valence-corrected chi connectivity index (χ4v) is 5.71. The summed E-state index contributed by atoms with van der Waals surface area (Å²) < 4.78 is 0. The smallest absolute Gasteiger partial charge is 0.244 e. The van der Waals surface area contributed by atoms with Gasteiger partial charge in [0, 0.05) is 43.0 Å². The maximum Gasteiger partial charge on any atom is 0.244 e. The molecule has 3 amide bonds. The van der Waals surface area contributed by atoms with Crippen LogP contribution in [0.1, 0.15) is 61.6 Å². The molecule has 3 aromatic carbocycles. The molecule has 0 atom stereocenters. The van der Waals surface area contributed by atoms with Gasteiger partial charge in [-0.25, -0.2) is 0 Å². The molecule has 0 saturated heterocycles. The first-order valence-electron chi connectivity index (χ1n) is 14.1. The standard InChI is InChI=1S/C33H35N3O4/c1-23(37)9-6-16-30(38)34-27-19-17-26(18-20-27)31(32(39)35-21-7-12-24-10-2-4-14-28(24)35)33(40)36-22-8-13-25-11-3-5-15-29(25)36/h2-5,10-11,14-15,17-20,31H,6-9,12-13,16,21-22H2,1H3,(H,34,38). The third-order valence-corrected chi connectivity index (χ3v) is 7.71. The van der Waals surface area contributed by atoms with Crippen molar-refractivity contribution in [1.82, 2.24) is 0 Å². The van der Waals surface area contributed by atoms with Crippen molar-refractivity contribution in [1.29, 1.82) is 0 Å². The van der Waals surface area contributed by atoms with Crippen molar-refractivity contribution in [3.05, 3.63) is 89.5 Å². The van der Waals surface area contributed by atoms with Crippen molar-refractivity contribution in [3.8, 4) is 0 Å². The molecule has 2 aliphatic rings. The van der Waals surface area contributed by atoms with Gasteiger partial charge in [0.2, 0.25) is 17.7 Å². The van der Waals surface area contributed by atoms with E-state index in [4.69, 9.17) is 0 Å². The quantitative estimate of drug-likeness (QED) is 0.389. The van der Waals surface area contributed by atoms with E-state index in [1.165, 1.54) is 6.92 Å². The van der Waals surface area contributed by atoms with Crippen LogP contribution in [-0.4, -0.2) is 36.6 Å². The number of hydrogen-bond acceptors (Lipinski definition) is 4. The Labute approximate surface area is 235 Å². The summed E-state index contributed by atoms with van der Waals surface area (Å²) in [6, 6.07) is 22.8.